The van der Waals surface area contributed by atoms with Gasteiger partial charge in [0.25, 0.3) is 0 Å². The number of carboxylic acid groups (broad SMARTS) is 1. The Morgan fingerprint density at radius 1 is 1.36 bits per heavy atom. The van der Waals surface area contributed by atoms with Gasteiger partial charge in [-0.25, -0.2) is 9.18 Å². The van der Waals surface area contributed by atoms with Gasteiger partial charge in [-0.2, -0.15) is 0 Å². The molecule has 0 aromatic carbocycles. The summed E-state index contributed by atoms with van der Waals surface area (Å²) in [6.07, 6.45) is 4.07. The lowest BCUT2D eigenvalue weighted by Gasteiger charge is -2.42. The molecule has 126 valence electrons. The van der Waals surface area contributed by atoms with Crippen LogP contribution < -0.4 is 10.6 Å². The summed E-state index contributed by atoms with van der Waals surface area (Å²) in [6.45, 7) is 3.02. The van der Waals surface area contributed by atoms with Crippen molar-refractivity contribution < 1.29 is 19.1 Å². The van der Waals surface area contributed by atoms with Crippen LogP contribution in [0.4, 0.5) is 9.18 Å². The predicted octanol–water partition coefficient (Wildman–Crippen LogP) is 1.51. The molecular formula is C15H26FN3O3. The van der Waals surface area contributed by atoms with Gasteiger partial charge in [-0.3, -0.25) is 9.69 Å². The quantitative estimate of drug-likeness (QED) is 0.634. The van der Waals surface area contributed by atoms with E-state index in [1.807, 2.05) is 11.8 Å². The van der Waals surface area contributed by atoms with E-state index in [0.29, 0.717) is 32.4 Å². The highest BCUT2D eigenvalue weighted by Crippen LogP contribution is 2.38. The Morgan fingerprint density at radius 2 is 2.05 bits per heavy atom. The molecule has 0 radical (unpaired) electrons. The van der Waals surface area contributed by atoms with Crippen LogP contribution in [0.25, 0.3) is 0 Å². The van der Waals surface area contributed by atoms with Crippen molar-refractivity contribution in [1.29, 1.82) is 0 Å². The molecule has 3 N–H and O–H groups in total. The highest BCUT2D eigenvalue weighted by Gasteiger charge is 2.37. The van der Waals surface area contributed by atoms with Gasteiger partial charge < -0.3 is 15.7 Å². The highest BCUT2D eigenvalue weighted by atomic mass is 19.1. The maximum Gasteiger partial charge on any atom is 0.317 e. The third-order valence-electron chi connectivity index (χ3n) is 4.82. The number of rotatable bonds is 8. The molecule has 0 spiro atoms. The number of amides is 2. The van der Waals surface area contributed by atoms with Crippen LogP contribution in [-0.4, -0.2) is 59.4 Å². The number of aliphatic carboxylic acids is 1. The van der Waals surface area contributed by atoms with E-state index in [1.165, 1.54) is 0 Å². The number of urea groups is 1. The first-order valence-electron chi connectivity index (χ1n) is 8.11. The van der Waals surface area contributed by atoms with Crippen LogP contribution in [-0.2, 0) is 4.79 Å². The summed E-state index contributed by atoms with van der Waals surface area (Å²) < 4.78 is 13.8. The molecule has 0 unspecified atom stereocenters. The van der Waals surface area contributed by atoms with E-state index >= 15 is 0 Å². The zero-order valence-electron chi connectivity index (χ0n) is 13.1. The van der Waals surface area contributed by atoms with E-state index < -0.39 is 11.6 Å². The number of hydrogen-bond acceptors (Lipinski definition) is 3. The Hall–Kier alpha value is -1.37. The number of alkyl halides is 1. The number of carboxylic acids is 1. The van der Waals surface area contributed by atoms with E-state index in [9.17, 15) is 14.0 Å². The minimum absolute atomic E-state index is 0.0403. The van der Waals surface area contributed by atoms with Crippen LogP contribution in [0, 0.1) is 0 Å². The minimum Gasteiger partial charge on any atom is -0.480 e. The van der Waals surface area contributed by atoms with Crippen LogP contribution in [0.3, 0.4) is 0 Å². The molecule has 0 saturated heterocycles. The van der Waals surface area contributed by atoms with Crippen LogP contribution >= 0.6 is 0 Å². The smallest absolute Gasteiger partial charge is 0.317 e. The number of halogens is 1. The summed E-state index contributed by atoms with van der Waals surface area (Å²) in [5.41, 5.74) is -1.06. The first kappa shape index (κ1) is 17.0. The predicted molar refractivity (Wildman–Crippen MR) is 80.5 cm³/mol. The zero-order chi connectivity index (χ0) is 16.2. The van der Waals surface area contributed by atoms with E-state index in [-0.39, 0.29) is 24.7 Å². The molecule has 2 aliphatic rings. The molecule has 7 heteroatoms. The molecule has 6 nitrogen and oxygen atoms in total. The molecule has 0 atom stereocenters. The van der Waals surface area contributed by atoms with Gasteiger partial charge in [0.15, 0.2) is 0 Å². The molecule has 0 heterocycles. The molecule has 2 amide bonds. The Labute approximate surface area is 130 Å². The summed E-state index contributed by atoms with van der Waals surface area (Å²) >= 11 is 0. The summed E-state index contributed by atoms with van der Waals surface area (Å²) in [6, 6.07) is 0.0408. The zero-order valence-corrected chi connectivity index (χ0v) is 13.1. The first-order chi connectivity index (χ1) is 10.4. The molecule has 2 saturated carbocycles. The van der Waals surface area contributed by atoms with E-state index in [2.05, 4.69) is 10.6 Å². The van der Waals surface area contributed by atoms with Gasteiger partial charge in [0.2, 0.25) is 0 Å². The van der Waals surface area contributed by atoms with Crippen LogP contribution in [0.2, 0.25) is 0 Å². The van der Waals surface area contributed by atoms with Gasteiger partial charge in [-0.05, 0) is 45.1 Å². The van der Waals surface area contributed by atoms with Crippen molar-refractivity contribution in [3.63, 3.8) is 0 Å². The second-order valence-electron chi connectivity index (χ2n) is 6.43. The SMILES string of the molecule is CCN(CC(=O)O)C1CC(NC(=O)NCCC2(F)CCC2)C1. The van der Waals surface area contributed by atoms with Gasteiger partial charge in [-0.1, -0.05) is 6.92 Å². The molecule has 2 fully saturated rings. The van der Waals surface area contributed by atoms with Gasteiger partial charge in [0.1, 0.15) is 5.67 Å². The molecule has 22 heavy (non-hydrogen) atoms. The molecule has 0 aromatic rings. The van der Waals surface area contributed by atoms with Crippen molar-refractivity contribution in [2.24, 2.45) is 0 Å². The minimum atomic E-state index is -1.06. The van der Waals surface area contributed by atoms with Crippen molar-refractivity contribution in [1.82, 2.24) is 15.5 Å². The van der Waals surface area contributed by atoms with E-state index in [4.69, 9.17) is 5.11 Å². The van der Waals surface area contributed by atoms with Gasteiger partial charge in [0, 0.05) is 18.6 Å². The molecule has 2 aliphatic carbocycles. The molecule has 0 bridgehead atoms. The fourth-order valence-corrected chi connectivity index (χ4v) is 3.12. The topological polar surface area (TPSA) is 81.7 Å². The summed E-state index contributed by atoms with van der Waals surface area (Å²) in [4.78, 5) is 24.4. The largest absolute Gasteiger partial charge is 0.480 e. The normalized spacial score (nSPS) is 26.0. The Kier molecular flexibility index (Phi) is 5.61. The summed E-state index contributed by atoms with van der Waals surface area (Å²) in [5.74, 6) is -0.827. The maximum absolute atomic E-state index is 13.8. The second kappa shape index (κ2) is 7.26. The number of hydrogen-bond donors (Lipinski definition) is 3. The molecule has 0 aromatic heterocycles. The van der Waals surface area contributed by atoms with Crippen molar-refractivity contribution in [2.45, 2.75) is 63.2 Å². The lowest BCUT2D eigenvalue weighted by molar-refractivity contribution is -0.139. The number of nitrogens with one attached hydrogen (secondary N) is 2. The molecule has 2 rings (SSSR count). The van der Waals surface area contributed by atoms with Crippen LogP contribution in [0.1, 0.15) is 45.4 Å². The van der Waals surface area contributed by atoms with Gasteiger partial charge >= 0.3 is 12.0 Å². The lowest BCUT2D eigenvalue weighted by atomic mass is 9.80. The van der Waals surface area contributed by atoms with Crippen LogP contribution in [0.5, 0.6) is 0 Å². The maximum atomic E-state index is 13.8. The van der Waals surface area contributed by atoms with Gasteiger partial charge in [0.05, 0.1) is 6.54 Å². The van der Waals surface area contributed by atoms with E-state index in [0.717, 1.165) is 19.3 Å². The Balaban J connectivity index is 1.58. The lowest BCUT2D eigenvalue weighted by Crippen LogP contribution is -2.56. The fourth-order valence-electron chi connectivity index (χ4n) is 3.12. The summed E-state index contributed by atoms with van der Waals surface area (Å²) in [7, 11) is 0. The van der Waals surface area contributed by atoms with Gasteiger partial charge in [-0.15, -0.1) is 0 Å². The number of carbonyl (C=O) groups excluding carboxylic acids is 1. The third-order valence-corrected chi connectivity index (χ3v) is 4.82. The first-order valence-corrected chi connectivity index (χ1v) is 8.11. The Bertz CT molecular complexity index is 409. The Morgan fingerprint density at radius 3 is 2.55 bits per heavy atom. The standard InChI is InChI=1S/C15H26FN3O3/c1-2-19(10-13(20)21)12-8-11(9-12)18-14(22)17-7-6-15(16)4-3-5-15/h11-12H,2-10H2,1H3,(H,20,21)(H2,17,18,22). The fraction of sp³-hybridized carbons (Fsp3) is 0.867. The average Bonchev–Trinajstić information content (AvgIpc) is 2.38. The van der Waals surface area contributed by atoms with Crippen molar-refractivity contribution in [3.8, 4) is 0 Å². The molecular weight excluding hydrogens is 289 g/mol. The summed E-state index contributed by atoms with van der Waals surface area (Å²) in [5, 5.41) is 14.4. The number of likely N-dealkylation sites (N-methyl/N-ethyl adjacent to an activating group) is 1. The average molecular weight is 315 g/mol. The highest BCUT2D eigenvalue weighted by molar-refractivity contribution is 5.74. The number of nitrogens with zero attached hydrogens (tertiary/aromatic N) is 1. The van der Waals surface area contributed by atoms with Crippen LogP contribution in [0.15, 0.2) is 0 Å². The number of carbonyl (C=O) groups is 2. The van der Waals surface area contributed by atoms with Crippen molar-refractivity contribution in [3.05, 3.63) is 0 Å². The monoisotopic (exact) mass is 315 g/mol. The molecule has 0 aliphatic heterocycles. The van der Waals surface area contributed by atoms with Crippen molar-refractivity contribution in [2.75, 3.05) is 19.6 Å². The third kappa shape index (κ3) is 4.56. The van der Waals surface area contributed by atoms with E-state index in [1.54, 1.807) is 0 Å². The second-order valence-corrected chi connectivity index (χ2v) is 6.43. The van der Waals surface area contributed by atoms with Crippen molar-refractivity contribution >= 4 is 12.0 Å².